The predicted octanol–water partition coefficient (Wildman–Crippen LogP) is 4.46. The van der Waals surface area contributed by atoms with E-state index in [9.17, 15) is 4.39 Å². The number of benzene rings is 1. The van der Waals surface area contributed by atoms with E-state index in [4.69, 9.17) is 11.6 Å². The Morgan fingerprint density at radius 2 is 1.94 bits per heavy atom. The van der Waals surface area contributed by atoms with E-state index in [1.54, 1.807) is 18.3 Å². The Kier molecular flexibility index (Phi) is 3.56. The van der Waals surface area contributed by atoms with Crippen molar-refractivity contribution in [1.29, 1.82) is 0 Å². The molecule has 0 aliphatic carbocycles. The fourth-order valence-electron chi connectivity index (χ4n) is 1.12. The van der Waals surface area contributed by atoms with Crippen LogP contribution in [0.2, 0.25) is 5.15 Å². The lowest BCUT2D eigenvalue weighted by atomic mass is 10.2. The van der Waals surface area contributed by atoms with Gasteiger partial charge in [-0.1, -0.05) is 11.6 Å². The second-order valence-corrected chi connectivity index (χ2v) is 5.03. The Morgan fingerprint density at radius 3 is 2.56 bits per heavy atom. The summed E-state index contributed by atoms with van der Waals surface area (Å²) in [5.74, 6) is 0.126. The summed E-state index contributed by atoms with van der Waals surface area (Å²) in [5, 5.41) is 0.324. The topological polar surface area (TPSA) is 25.8 Å². The molecule has 0 N–H and O–H groups in total. The van der Waals surface area contributed by atoms with Crippen molar-refractivity contribution in [1.82, 2.24) is 9.97 Å². The van der Waals surface area contributed by atoms with Crippen molar-refractivity contribution >= 4 is 43.5 Å². The summed E-state index contributed by atoms with van der Waals surface area (Å²) in [6.07, 6.45) is 1.56. The van der Waals surface area contributed by atoms with E-state index in [2.05, 4.69) is 41.8 Å². The fraction of sp³-hybridized carbons (Fsp3) is 0. The summed E-state index contributed by atoms with van der Waals surface area (Å²) < 4.78 is 14.0. The molecule has 0 aliphatic rings. The number of nitrogens with zero attached hydrogens (tertiary/aromatic N) is 2. The van der Waals surface area contributed by atoms with E-state index in [1.807, 2.05) is 0 Å². The molecule has 0 atom stereocenters. The molecule has 6 heteroatoms. The minimum atomic E-state index is -0.327. The zero-order valence-electron chi connectivity index (χ0n) is 7.72. The highest BCUT2D eigenvalue weighted by molar-refractivity contribution is 9.10. The molecule has 82 valence electrons. The minimum Gasteiger partial charge on any atom is -0.235 e. The maximum Gasteiger partial charge on any atom is 0.160 e. The average molecular weight is 366 g/mol. The number of hydrogen-bond acceptors (Lipinski definition) is 2. The Morgan fingerprint density at radius 1 is 1.19 bits per heavy atom. The highest BCUT2D eigenvalue weighted by atomic mass is 79.9. The van der Waals surface area contributed by atoms with Crippen LogP contribution in [0.3, 0.4) is 0 Å². The van der Waals surface area contributed by atoms with Gasteiger partial charge >= 0.3 is 0 Å². The standard InChI is InChI=1S/C10H4Br2ClFN2/c11-6-3-5(1-2-8(6)14)10-15-4-7(12)9(13)16-10/h1-4H. The van der Waals surface area contributed by atoms with E-state index in [-0.39, 0.29) is 5.82 Å². The van der Waals surface area contributed by atoms with Gasteiger partial charge in [-0.25, -0.2) is 14.4 Å². The summed E-state index contributed by atoms with van der Waals surface area (Å²) in [6, 6.07) is 4.55. The largest absolute Gasteiger partial charge is 0.235 e. The van der Waals surface area contributed by atoms with Crippen molar-refractivity contribution in [3.8, 4) is 11.4 Å². The highest BCUT2D eigenvalue weighted by Gasteiger charge is 2.07. The van der Waals surface area contributed by atoms with Gasteiger partial charge in [0, 0.05) is 11.8 Å². The van der Waals surface area contributed by atoms with E-state index >= 15 is 0 Å². The Balaban J connectivity index is 2.50. The van der Waals surface area contributed by atoms with Gasteiger partial charge in [0.1, 0.15) is 11.0 Å². The molecule has 2 rings (SSSR count). The van der Waals surface area contributed by atoms with Gasteiger partial charge in [0.05, 0.1) is 8.95 Å². The summed E-state index contributed by atoms with van der Waals surface area (Å²) in [4.78, 5) is 8.17. The second kappa shape index (κ2) is 4.77. The van der Waals surface area contributed by atoms with Crippen LogP contribution in [0, 0.1) is 5.82 Å². The molecule has 1 aromatic carbocycles. The molecule has 0 unspecified atom stereocenters. The SMILES string of the molecule is Fc1ccc(-c2ncc(Br)c(Cl)n2)cc1Br. The van der Waals surface area contributed by atoms with Crippen LogP contribution in [0.5, 0.6) is 0 Å². The molecular formula is C10H4Br2ClFN2. The molecule has 0 spiro atoms. The monoisotopic (exact) mass is 364 g/mol. The number of hydrogen-bond donors (Lipinski definition) is 0. The molecule has 0 bridgehead atoms. The minimum absolute atomic E-state index is 0.324. The molecule has 0 aliphatic heterocycles. The first kappa shape index (κ1) is 12.0. The molecular weight excluding hydrogens is 362 g/mol. The van der Waals surface area contributed by atoms with Crippen molar-refractivity contribution in [2.75, 3.05) is 0 Å². The molecule has 0 fully saturated rings. The zero-order chi connectivity index (χ0) is 11.7. The van der Waals surface area contributed by atoms with Gasteiger partial charge in [-0.3, -0.25) is 0 Å². The van der Waals surface area contributed by atoms with Crippen molar-refractivity contribution < 1.29 is 4.39 Å². The summed E-state index contributed by atoms with van der Waals surface area (Å²) >= 11 is 12.2. The number of aromatic nitrogens is 2. The average Bonchev–Trinajstić information content (AvgIpc) is 2.26. The van der Waals surface area contributed by atoms with Crippen molar-refractivity contribution in [2.24, 2.45) is 0 Å². The first-order valence-electron chi connectivity index (χ1n) is 4.21. The summed E-state index contributed by atoms with van der Waals surface area (Å²) in [6.45, 7) is 0. The van der Waals surface area contributed by atoms with Gasteiger partial charge in [-0.05, 0) is 50.1 Å². The van der Waals surface area contributed by atoms with Gasteiger partial charge < -0.3 is 0 Å². The van der Waals surface area contributed by atoms with Crippen LogP contribution in [-0.2, 0) is 0 Å². The van der Waals surface area contributed by atoms with Crippen molar-refractivity contribution in [3.05, 3.63) is 44.3 Å². The number of rotatable bonds is 1. The molecule has 0 radical (unpaired) electrons. The van der Waals surface area contributed by atoms with Crippen LogP contribution >= 0.6 is 43.5 Å². The van der Waals surface area contributed by atoms with Crippen LogP contribution in [0.25, 0.3) is 11.4 Å². The van der Waals surface area contributed by atoms with E-state index in [0.29, 0.717) is 25.5 Å². The van der Waals surface area contributed by atoms with E-state index < -0.39 is 0 Å². The molecule has 1 heterocycles. The Hall–Kier alpha value is -0.520. The molecule has 0 saturated carbocycles. The molecule has 2 nitrogen and oxygen atoms in total. The molecule has 2 aromatic rings. The quantitative estimate of drug-likeness (QED) is 0.697. The smallest absolute Gasteiger partial charge is 0.160 e. The van der Waals surface area contributed by atoms with Gasteiger partial charge in [0.2, 0.25) is 0 Å². The molecule has 16 heavy (non-hydrogen) atoms. The van der Waals surface area contributed by atoms with Gasteiger partial charge in [-0.2, -0.15) is 0 Å². The van der Waals surface area contributed by atoms with Crippen LogP contribution in [0.15, 0.2) is 33.3 Å². The first-order valence-corrected chi connectivity index (χ1v) is 6.18. The van der Waals surface area contributed by atoms with Gasteiger partial charge in [0.25, 0.3) is 0 Å². The van der Waals surface area contributed by atoms with Crippen molar-refractivity contribution in [2.45, 2.75) is 0 Å². The third kappa shape index (κ3) is 2.42. The second-order valence-electron chi connectivity index (χ2n) is 2.96. The van der Waals surface area contributed by atoms with Crippen LogP contribution in [0.4, 0.5) is 4.39 Å². The first-order chi connectivity index (χ1) is 7.58. The lowest BCUT2D eigenvalue weighted by Crippen LogP contribution is -1.90. The Labute approximate surface area is 113 Å². The molecule has 0 saturated heterocycles. The van der Waals surface area contributed by atoms with Gasteiger partial charge in [0.15, 0.2) is 5.82 Å². The third-order valence-electron chi connectivity index (χ3n) is 1.88. The van der Waals surface area contributed by atoms with E-state index in [1.165, 1.54) is 6.07 Å². The predicted molar refractivity (Wildman–Crippen MR) is 67.8 cm³/mol. The maximum atomic E-state index is 13.0. The molecule has 1 aromatic heterocycles. The third-order valence-corrected chi connectivity index (χ3v) is 3.58. The fourth-order valence-corrected chi connectivity index (χ4v) is 1.82. The lowest BCUT2D eigenvalue weighted by molar-refractivity contribution is 0.621. The maximum absolute atomic E-state index is 13.0. The van der Waals surface area contributed by atoms with Crippen molar-refractivity contribution in [3.63, 3.8) is 0 Å². The summed E-state index contributed by atoms with van der Waals surface area (Å²) in [5.41, 5.74) is 0.697. The van der Waals surface area contributed by atoms with Crippen LogP contribution in [-0.4, -0.2) is 9.97 Å². The molecule has 0 amide bonds. The van der Waals surface area contributed by atoms with Gasteiger partial charge in [-0.15, -0.1) is 0 Å². The Bertz CT molecular complexity index is 499. The van der Waals surface area contributed by atoms with E-state index in [0.717, 1.165) is 0 Å². The van der Waals surface area contributed by atoms with Crippen LogP contribution < -0.4 is 0 Å². The summed E-state index contributed by atoms with van der Waals surface area (Å²) in [7, 11) is 0. The highest BCUT2D eigenvalue weighted by Crippen LogP contribution is 2.25. The normalized spacial score (nSPS) is 10.5. The number of halogens is 4. The van der Waals surface area contributed by atoms with Crippen LogP contribution in [0.1, 0.15) is 0 Å². The zero-order valence-corrected chi connectivity index (χ0v) is 11.6. The lowest BCUT2D eigenvalue weighted by Gasteiger charge is -2.02.